The summed E-state index contributed by atoms with van der Waals surface area (Å²) in [4.78, 5) is 25.1. The standard InChI is InChI=1S/C21H20BrNO3/c1-4-26-21(25)18-12-23(11-15-9-13(2)5-6-14(15)3)19-8-7-16(22)10-17(19)20(18)24/h5-10,12H,4,11H2,1-3H3. The van der Waals surface area contributed by atoms with E-state index in [2.05, 4.69) is 41.1 Å². The summed E-state index contributed by atoms with van der Waals surface area (Å²) in [7, 11) is 0. The molecular formula is C21H20BrNO3. The van der Waals surface area contributed by atoms with Gasteiger partial charge < -0.3 is 9.30 Å². The fourth-order valence-electron chi connectivity index (χ4n) is 3.01. The zero-order valence-electron chi connectivity index (χ0n) is 15.0. The summed E-state index contributed by atoms with van der Waals surface area (Å²) >= 11 is 3.41. The molecule has 0 saturated heterocycles. The molecule has 0 N–H and O–H groups in total. The predicted octanol–water partition coefficient (Wildman–Crippen LogP) is 4.61. The highest BCUT2D eigenvalue weighted by Crippen LogP contribution is 2.21. The van der Waals surface area contributed by atoms with Gasteiger partial charge in [-0.1, -0.05) is 39.7 Å². The monoisotopic (exact) mass is 413 g/mol. The van der Waals surface area contributed by atoms with Crippen LogP contribution in [-0.4, -0.2) is 17.1 Å². The summed E-state index contributed by atoms with van der Waals surface area (Å²) in [6.07, 6.45) is 1.61. The minimum Gasteiger partial charge on any atom is -0.462 e. The maximum atomic E-state index is 12.8. The Balaban J connectivity index is 2.23. The van der Waals surface area contributed by atoms with Crippen molar-refractivity contribution in [3.63, 3.8) is 0 Å². The Labute approximate surface area is 160 Å². The van der Waals surface area contributed by atoms with Gasteiger partial charge in [-0.2, -0.15) is 0 Å². The zero-order valence-corrected chi connectivity index (χ0v) is 16.6. The van der Waals surface area contributed by atoms with Gasteiger partial charge in [-0.25, -0.2) is 4.79 Å². The first-order chi connectivity index (χ1) is 12.4. The minimum atomic E-state index is -0.589. The number of halogens is 1. The minimum absolute atomic E-state index is 0.0581. The van der Waals surface area contributed by atoms with Gasteiger partial charge in [0.25, 0.3) is 0 Å². The average Bonchev–Trinajstić information content (AvgIpc) is 2.60. The molecule has 4 nitrogen and oxygen atoms in total. The van der Waals surface area contributed by atoms with Crippen molar-refractivity contribution in [3.8, 4) is 0 Å². The molecule has 0 unspecified atom stereocenters. The van der Waals surface area contributed by atoms with Crippen LogP contribution < -0.4 is 5.43 Å². The summed E-state index contributed by atoms with van der Waals surface area (Å²) in [5.74, 6) is -0.589. The van der Waals surface area contributed by atoms with E-state index in [4.69, 9.17) is 4.74 Å². The van der Waals surface area contributed by atoms with Crippen molar-refractivity contribution in [2.24, 2.45) is 0 Å². The fourth-order valence-corrected chi connectivity index (χ4v) is 3.37. The predicted molar refractivity (Wildman–Crippen MR) is 107 cm³/mol. The van der Waals surface area contributed by atoms with Crippen molar-refractivity contribution < 1.29 is 9.53 Å². The number of pyridine rings is 1. The molecule has 0 saturated carbocycles. The van der Waals surface area contributed by atoms with Gasteiger partial charge in [-0.3, -0.25) is 4.79 Å². The summed E-state index contributed by atoms with van der Waals surface area (Å²) in [6.45, 7) is 6.63. The molecule has 0 fully saturated rings. The van der Waals surface area contributed by atoms with Crippen molar-refractivity contribution in [2.45, 2.75) is 27.3 Å². The maximum absolute atomic E-state index is 12.8. The Morgan fingerprint density at radius 1 is 1.15 bits per heavy atom. The van der Waals surface area contributed by atoms with Crippen LogP contribution >= 0.6 is 15.9 Å². The molecule has 26 heavy (non-hydrogen) atoms. The topological polar surface area (TPSA) is 48.3 Å². The summed E-state index contributed by atoms with van der Waals surface area (Å²) in [5.41, 5.74) is 4.01. The molecule has 5 heteroatoms. The lowest BCUT2D eigenvalue weighted by Gasteiger charge is -2.15. The van der Waals surface area contributed by atoms with Crippen molar-refractivity contribution in [2.75, 3.05) is 6.61 Å². The quantitative estimate of drug-likeness (QED) is 0.586. The first kappa shape index (κ1) is 18.4. The Morgan fingerprint density at radius 2 is 1.92 bits per heavy atom. The van der Waals surface area contributed by atoms with Crippen LogP contribution in [0.25, 0.3) is 10.9 Å². The van der Waals surface area contributed by atoms with Crippen LogP contribution in [0, 0.1) is 13.8 Å². The number of benzene rings is 2. The number of rotatable bonds is 4. The highest BCUT2D eigenvalue weighted by Gasteiger charge is 2.17. The molecule has 1 heterocycles. The van der Waals surface area contributed by atoms with E-state index in [1.807, 2.05) is 23.6 Å². The number of nitrogens with zero attached hydrogens (tertiary/aromatic N) is 1. The second-order valence-corrected chi connectivity index (χ2v) is 7.23. The Kier molecular flexibility index (Phi) is 5.28. The number of carbonyl (C=O) groups is 1. The third-order valence-corrected chi connectivity index (χ3v) is 4.88. The lowest BCUT2D eigenvalue weighted by Crippen LogP contribution is -2.21. The van der Waals surface area contributed by atoms with E-state index < -0.39 is 5.97 Å². The van der Waals surface area contributed by atoms with Gasteiger partial charge in [-0.15, -0.1) is 0 Å². The molecule has 0 aliphatic heterocycles. The summed E-state index contributed by atoms with van der Waals surface area (Å²) in [6, 6.07) is 11.8. The number of esters is 1. The number of hydrogen-bond acceptors (Lipinski definition) is 3. The Hall–Kier alpha value is -2.40. The van der Waals surface area contributed by atoms with Crippen LogP contribution in [0.15, 0.2) is 51.9 Å². The largest absolute Gasteiger partial charge is 0.462 e. The lowest BCUT2D eigenvalue weighted by molar-refractivity contribution is 0.0524. The Morgan fingerprint density at radius 3 is 2.65 bits per heavy atom. The van der Waals surface area contributed by atoms with Crippen molar-refractivity contribution >= 4 is 32.8 Å². The Bertz CT molecular complexity index is 1050. The van der Waals surface area contributed by atoms with E-state index in [-0.39, 0.29) is 17.6 Å². The van der Waals surface area contributed by atoms with Gasteiger partial charge in [0.2, 0.25) is 5.43 Å². The molecular weight excluding hydrogens is 394 g/mol. The highest BCUT2D eigenvalue weighted by molar-refractivity contribution is 9.10. The molecule has 2 aromatic carbocycles. The van der Waals surface area contributed by atoms with Crippen molar-refractivity contribution in [1.29, 1.82) is 0 Å². The number of carbonyl (C=O) groups excluding carboxylic acids is 1. The molecule has 0 atom stereocenters. The van der Waals surface area contributed by atoms with Gasteiger partial charge >= 0.3 is 5.97 Å². The van der Waals surface area contributed by atoms with Crippen LogP contribution in [0.2, 0.25) is 0 Å². The van der Waals surface area contributed by atoms with E-state index in [0.29, 0.717) is 11.9 Å². The van der Waals surface area contributed by atoms with Crippen LogP contribution in [-0.2, 0) is 11.3 Å². The van der Waals surface area contributed by atoms with Crippen LogP contribution in [0.3, 0.4) is 0 Å². The third-order valence-electron chi connectivity index (χ3n) is 4.38. The second-order valence-electron chi connectivity index (χ2n) is 6.31. The van der Waals surface area contributed by atoms with Crippen molar-refractivity contribution in [1.82, 2.24) is 4.57 Å². The van der Waals surface area contributed by atoms with Crippen molar-refractivity contribution in [3.05, 3.63) is 79.5 Å². The molecule has 0 radical (unpaired) electrons. The summed E-state index contributed by atoms with van der Waals surface area (Å²) < 4.78 is 7.81. The molecule has 0 spiro atoms. The molecule has 134 valence electrons. The molecule has 3 aromatic rings. The van der Waals surface area contributed by atoms with Gasteiger partial charge in [0.1, 0.15) is 5.56 Å². The van der Waals surface area contributed by atoms with E-state index in [0.717, 1.165) is 21.1 Å². The number of aryl methyl sites for hydroxylation is 2. The summed E-state index contributed by atoms with van der Waals surface area (Å²) in [5, 5.41) is 0.496. The second kappa shape index (κ2) is 7.46. The normalized spacial score (nSPS) is 10.9. The number of ether oxygens (including phenoxy) is 1. The maximum Gasteiger partial charge on any atom is 0.343 e. The molecule has 0 amide bonds. The molecule has 1 aromatic heterocycles. The zero-order chi connectivity index (χ0) is 18.8. The van der Waals surface area contributed by atoms with Gasteiger partial charge in [0.15, 0.2) is 0 Å². The van der Waals surface area contributed by atoms with Gasteiger partial charge in [0, 0.05) is 22.6 Å². The first-order valence-corrected chi connectivity index (χ1v) is 9.26. The fraction of sp³-hybridized carbons (Fsp3) is 0.238. The van der Waals surface area contributed by atoms with E-state index in [1.165, 1.54) is 5.56 Å². The number of aromatic nitrogens is 1. The van der Waals surface area contributed by atoms with E-state index in [9.17, 15) is 9.59 Å². The average molecular weight is 414 g/mol. The molecule has 3 rings (SSSR count). The smallest absolute Gasteiger partial charge is 0.343 e. The third kappa shape index (κ3) is 3.58. The molecule has 0 aliphatic carbocycles. The first-order valence-electron chi connectivity index (χ1n) is 8.46. The molecule has 0 bridgehead atoms. The lowest BCUT2D eigenvalue weighted by atomic mass is 10.0. The van der Waals surface area contributed by atoms with Crippen LogP contribution in [0.5, 0.6) is 0 Å². The number of fused-ring (bicyclic) bond motifs is 1. The van der Waals surface area contributed by atoms with E-state index in [1.54, 1.807) is 19.2 Å². The SMILES string of the molecule is CCOC(=O)c1cn(Cc2cc(C)ccc2C)c2ccc(Br)cc2c1=O. The van der Waals surface area contributed by atoms with E-state index >= 15 is 0 Å². The highest BCUT2D eigenvalue weighted by atomic mass is 79.9. The number of hydrogen-bond donors (Lipinski definition) is 0. The molecule has 0 aliphatic rings. The van der Waals surface area contributed by atoms with Crippen LogP contribution in [0.4, 0.5) is 0 Å². The van der Waals surface area contributed by atoms with Gasteiger partial charge in [0.05, 0.1) is 12.1 Å². The van der Waals surface area contributed by atoms with Gasteiger partial charge in [-0.05, 0) is 50.1 Å². The van der Waals surface area contributed by atoms with Crippen LogP contribution in [0.1, 0.15) is 34.0 Å².